The lowest BCUT2D eigenvalue weighted by Gasteiger charge is -2.31. The van der Waals surface area contributed by atoms with Crippen molar-refractivity contribution >= 4 is 5.69 Å². The lowest BCUT2D eigenvalue weighted by molar-refractivity contribution is 0.642. The maximum Gasteiger partial charge on any atom is 0.0695 e. The number of likely N-dealkylation sites (N-methyl/N-ethyl adjacent to an activating group) is 1. The van der Waals surface area contributed by atoms with Crippen LogP contribution < -0.4 is 10.6 Å². The molecule has 1 aromatic heterocycles. The summed E-state index contributed by atoms with van der Waals surface area (Å²) >= 11 is 0. The number of hydrogen-bond acceptors (Lipinski definition) is 3. The molecule has 1 atom stereocenters. The van der Waals surface area contributed by atoms with E-state index >= 15 is 0 Å². The fourth-order valence-electron chi connectivity index (χ4n) is 2.37. The first-order chi connectivity index (χ1) is 9.15. The molecule has 0 saturated carbocycles. The molecule has 0 amide bonds. The van der Waals surface area contributed by atoms with Crippen molar-refractivity contribution in [3.05, 3.63) is 47.8 Å². The topological polar surface area (TPSA) is 47.1 Å². The summed E-state index contributed by atoms with van der Waals surface area (Å²) in [7, 11) is 1.93. The van der Waals surface area contributed by atoms with E-state index in [-0.39, 0.29) is 6.04 Å². The Kier molecular flexibility index (Phi) is 4.22. The maximum atomic E-state index is 5.98. The Morgan fingerprint density at radius 2 is 2.00 bits per heavy atom. The van der Waals surface area contributed by atoms with Gasteiger partial charge in [0.15, 0.2) is 0 Å². The number of benzene rings is 1. The molecule has 19 heavy (non-hydrogen) atoms. The van der Waals surface area contributed by atoms with E-state index in [4.69, 9.17) is 5.73 Å². The Hall–Kier alpha value is -1.81. The van der Waals surface area contributed by atoms with Gasteiger partial charge in [-0.1, -0.05) is 17.7 Å². The number of aryl methyl sites for hydroxylation is 2. The van der Waals surface area contributed by atoms with Gasteiger partial charge in [-0.25, -0.2) is 0 Å². The van der Waals surface area contributed by atoms with Gasteiger partial charge in [-0.05, 0) is 26.0 Å². The van der Waals surface area contributed by atoms with E-state index in [0.717, 1.165) is 12.1 Å². The van der Waals surface area contributed by atoms with Gasteiger partial charge in [-0.3, -0.25) is 4.68 Å². The average Bonchev–Trinajstić information content (AvgIpc) is 2.83. The third-order valence-corrected chi connectivity index (χ3v) is 3.42. The molecule has 102 valence electrons. The first-order valence-corrected chi connectivity index (χ1v) is 6.67. The van der Waals surface area contributed by atoms with Crippen LogP contribution >= 0.6 is 0 Å². The van der Waals surface area contributed by atoms with E-state index in [1.165, 1.54) is 11.3 Å². The molecule has 0 radical (unpaired) electrons. The summed E-state index contributed by atoms with van der Waals surface area (Å²) in [4.78, 5) is 2.32. The molecule has 0 aliphatic rings. The number of anilines is 1. The predicted octanol–water partition coefficient (Wildman–Crippen LogP) is 2.25. The fourth-order valence-corrected chi connectivity index (χ4v) is 2.37. The number of aromatic nitrogens is 2. The van der Waals surface area contributed by atoms with Crippen molar-refractivity contribution in [3.63, 3.8) is 0 Å². The normalized spacial score (nSPS) is 12.4. The van der Waals surface area contributed by atoms with Crippen molar-refractivity contribution < 1.29 is 0 Å². The standard InChI is InChI=1S/C15H22N4/c1-4-19(14-7-5-12(2)6-8-14)15(9-16)13-10-17-18(3)11-13/h5-8,10-11,15H,4,9,16H2,1-3H3. The van der Waals surface area contributed by atoms with Gasteiger partial charge in [-0.2, -0.15) is 5.10 Å². The van der Waals surface area contributed by atoms with Crippen LogP contribution in [0.2, 0.25) is 0 Å². The monoisotopic (exact) mass is 258 g/mol. The highest BCUT2D eigenvalue weighted by Crippen LogP contribution is 2.26. The summed E-state index contributed by atoms with van der Waals surface area (Å²) in [5.74, 6) is 0. The van der Waals surface area contributed by atoms with Crippen LogP contribution in [0.4, 0.5) is 5.69 Å². The maximum absolute atomic E-state index is 5.98. The van der Waals surface area contributed by atoms with Crippen molar-refractivity contribution in [1.82, 2.24) is 9.78 Å². The molecule has 0 spiro atoms. The minimum atomic E-state index is 0.168. The molecule has 0 saturated heterocycles. The Labute approximate surface area is 114 Å². The van der Waals surface area contributed by atoms with Crippen LogP contribution in [-0.2, 0) is 7.05 Å². The van der Waals surface area contributed by atoms with Gasteiger partial charge in [-0.15, -0.1) is 0 Å². The smallest absolute Gasteiger partial charge is 0.0695 e. The third-order valence-electron chi connectivity index (χ3n) is 3.42. The van der Waals surface area contributed by atoms with Crippen molar-refractivity contribution in [1.29, 1.82) is 0 Å². The summed E-state index contributed by atoms with van der Waals surface area (Å²) in [6, 6.07) is 8.74. The first kappa shape index (κ1) is 13.6. The van der Waals surface area contributed by atoms with E-state index in [1.54, 1.807) is 0 Å². The summed E-state index contributed by atoms with van der Waals surface area (Å²) < 4.78 is 1.82. The second kappa shape index (κ2) is 5.89. The number of nitrogens with zero attached hydrogens (tertiary/aromatic N) is 3. The Morgan fingerprint density at radius 3 is 2.47 bits per heavy atom. The highest BCUT2D eigenvalue weighted by molar-refractivity contribution is 5.49. The second-order valence-electron chi connectivity index (χ2n) is 4.82. The lowest BCUT2D eigenvalue weighted by Crippen LogP contribution is -2.33. The van der Waals surface area contributed by atoms with Crippen LogP contribution in [0.5, 0.6) is 0 Å². The predicted molar refractivity (Wildman–Crippen MR) is 79.2 cm³/mol. The quantitative estimate of drug-likeness (QED) is 0.895. The van der Waals surface area contributed by atoms with Crippen molar-refractivity contribution in [2.75, 3.05) is 18.0 Å². The van der Waals surface area contributed by atoms with Crippen molar-refractivity contribution in [2.24, 2.45) is 12.8 Å². The summed E-state index contributed by atoms with van der Waals surface area (Å²) in [5, 5.41) is 4.24. The molecule has 4 nitrogen and oxygen atoms in total. The summed E-state index contributed by atoms with van der Waals surface area (Å²) in [5.41, 5.74) is 9.61. The molecule has 0 bridgehead atoms. The SMILES string of the molecule is CCN(c1ccc(C)cc1)C(CN)c1cnn(C)c1. The van der Waals surface area contributed by atoms with Gasteiger partial charge in [0.2, 0.25) is 0 Å². The molecule has 1 unspecified atom stereocenters. The van der Waals surface area contributed by atoms with Gasteiger partial charge in [0.25, 0.3) is 0 Å². The molecule has 0 fully saturated rings. The molecule has 2 aromatic rings. The average molecular weight is 258 g/mol. The zero-order chi connectivity index (χ0) is 13.8. The van der Waals surface area contributed by atoms with Crippen LogP contribution in [-0.4, -0.2) is 22.9 Å². The first-order valence-electron chi connectivity index (χ1n) is 6.67. The van der Waals surface area contributed by atoms with Crippen molar-refractivity contribution in [3.8, 4) is 0 Å². The number of rotatable bonds is 5. The van der Waals surface area contributed by atoms with Gasteiger partial charge in [0.05, 0.1) is 12.2 Å². The van der Waals surface area contributed by atoms with Crippen LogP contribution in [0, 0.1) is 6.92 Å². The van der Waals surface area contributed by atoms with Crippen LogP contribution in [0.15, 0.2) is 36.7 Å². The van der Waals surface area contributed by atoms with E-state index in [0.29, 0.717) is 6.54 Å². The molecule has 1 heterocycles. The second-order valence-corrected chi connectivity index (χ2v) is 4.82. The third kappa shape index (κ3) is 2.96. The van der Waals surface area contributed by atoms with Gasteiger partial charge in [0.1, 0.15) is 0 Å². The molecule has 1 aromatic carbocycles. The zero-order valence-corrected chi connectivity index (χ0v) is 11.9. The highest BCUT2D eigenvalue weighted by atomic mass is 15.3. The Bertz CT molecular complexity index is 515. The Morgan fingerprint density at radius 1 is 1.32 bits per heavy atom. The summed E-state index contributed by atoms with van der Waals surface area (Å²) in [6.45, 7) is 5.74. The lowest BCUT2D eigenvalue weighted by atomic mass is 10.1. The highest BCUT2D eigenvalue weighted by Gasteiger charge is 2.19. The summed E-state index contributed by atoms with van der Waals surface area (Å²) in [6.07, 6.45) is 3.93. The number of nitrogens with two attached hydrogens (primary N) is 1. The molecular weight excluding hydrogens is 236 g/mol. The largest absolute Gasteiger partial charge is 0.363 e. The van der Waals surface area contributed by atoms with Crippen LogP contribution in [0.1, 0.15) is 24.1 Å². The van der Waals surface area contributed by atoms with Gasteiger partial charge < -0.3 is 10.6 Å². The molecule has 2 rings (SSSR count). The minimum Gasteiger partial charge on any atom is -0.363 e. The van der Waals surface area contributed by atoms with E-state index in [2.05, 4.69) is 48.1 Å². The van der Waals surface area contributed by atoms with Crippen LogP contribution in [0.25, 0.3) is 0 Å². The Balaban J connectivity index is 2.31. The van der Waals surface area contributed by atoms with E-state index in [1.807, 2.05) is 24.1 Å². The molecule has 4 heteroatoms. The zero-order valence-electron chi connectivity index (χ0n) is 11.9. The molecule has 0 aliphatic carbocycles. The minimum absolute atomic E-state index is 0.168. The molecule has 0 aliphatic heterocycles. The number of hydrogen-bond donors (Lipinski definition) is 1. The van der Waals surface area contributed by atoms with Gasteiger partial charge >= 0.3 is 0 Å². The van der Waals surface area contributed by atoms with Crippen molar-refractivity contribution in [2.45, 2.75) is 19.9 Å². The van der Waals surface area contributed by atoms with Crippen LogP contribution in [0.3, 0.4) is 0 Å². The van der Waals surface area contributed by atoms with E-state index in [9.17, 15) is 0 Å². The molecular formula is C15H22N4. The molecule has 2 N–H and O–H groups in total. The fraction of sp³-hybridized carbons (Fsp3) is 0.400. The van der Waals surface area contributed by atoms with Gasteiger partial charge in [0, 0.05) is 37.6 Å². The van der Waals surface area contributed by atoms with E-state index < -0.39 is 0 Å².